The smallest absolute Gasteiger partial charge is 0.328 e. The lowest BCUT2D eigenvalue weighted by molar-refractivity contribution is -0.384. The van der Waals surface area contributed by atoms with Crippen LogP contribution in [0.4, 0.5) is 5.69 Å². The Morgan fingerprint density at radius 3 is 2.12 bits per heavy atom. The molecule has 2 N–H and O–H groups in total. The van der Waals surface area contributed by atoms with Crippen molar-refractivity contribution >= 4 is 21.7 Å². The molecule has 218 valence electrons. The molecule has 0 aliphatic heterocycles. The molecular formula is C32H33N3O6S. The molecule has 4 rings (SSSR count). The normalized spacial score (nSPS) is 13.6. The van der Waals surface area contributed by atoms with E-state index in [-0.39, 0.29) is 35.7 Å². The summed E-state index contributed by atoms with van der Waals surface area (Å²) >= 11 is 0. The molecule has 0 fully saturated rings. The molecule has 0 saturated heterocycles. The van der Waals surface area contributed by atoms with E-state index >= 15 is 0 Å². The number of carbonyl (C=O) groups excluding carboxylic acids is 1. The molecule has 4 aromatic rings. The van der Waals surface area contributed by atoms with Crippen molar-refractivity contribution in [2.24, 2.45) is 0 Å². The van der Waals surface area contributed by atoms with Crippen LogP contribution in [0.25, 0.3) is 0 Å². The highest BCUT2D eigenvalue weighted by Gasteiger charge is 2.49. The fourth-order valence-corrected chi connectivity index (χ4v) is 6.05. The Hall–Kier alpha value is -4.38. The van der Waals surface area contributed by atoms with E-state index in [1.807, 2.05) is 67.6 Å². The van der Waals surface area contributed by atoms with Crippen molar-refractivity contribution in [2.75, 3.05) is 6.61 Å². The molecule has 0 aliphatic rings. The number of nitrogens with zero attached hydrogens (tertiary/aromatic N) is 1. The first-order valence-corrected chi connectivity index (χ1v) is 15.0. The lowest BCUT2D eigenvalue weighted by Gasteiger charge is -2.40. The fourth-order valence-electron chi connectivity index (χ4n) is 4.77. The lowest BCUT2D eigenvalue weighted by atomic mass is 9.80. The van der Waals surface area contributed by atoms with Gasteiger partial charge in [0.15, 0.2) is 0 Å². The van der Waals surface area contributed by atoms with Crippen molar-refractivity contribution in [3.63, 3.8) is 0 Å². The van der Waals surface area contributed by atoms with Gasteiger partial charge in [0, 0.05) is 25.1 Å². The SMILES string of the molecule is CCOC(=O)[C@](Cc1ccccc1)(NCc1ccccc1)[C@@H](NS(=O)(=O)c1ccc(C)cc1)c1cccc([N+](=O)[O-])c1. The number of carbonyl (C=O) groups is 1. The summed E-state index contributed by atoms with van der Waals surface area (Å²) in [6.07, 6.45) is 0.0171. The second-order valence-electron chi connectivity index (χ2n) is 9.91. The monoisotopic (exact) mass is 587 g/mol. The summed E-state index contributed by atoms with van der Waals surface area (Å²) in [5, 5.41) is 15.1. The molecule has 42 heavy (non-hydrogen) atoms. The summed E-state index contributed by atoms with van der Waals surface area (Å²) < 4.78 is 36.1. The highest BCUT2D eigenvalue weighted by Crippen LogP contribution is 2.35. The predicted molar refractivity (Wildman–Crippen MR) is 160 cm³/mol. The minimum Gasteiger partial charge on any atom is -0.465 e. The Labute approximate surface area is 245 Å². The van der Waals surface area contributed by atoms with Crippen LogP contribution in [-0.4, -0.2) is 31.5 Å². The molecule has 10 heteroatoms. The van der Waals surface area contributed by atoms with Gasteiger partial charge in [-0.25, -0.2) is 17.9 Å². The number of nitrogens with one attached hydrogen (secondary N) is 2. The summed E-state index contributed by atoms with van der Waals surface area (Å²) in [4.78, 5) is 25.3. The Morgan fingerprint density at radius 2 is 1.52 bits per heavy atom. The van der Waals surface area contributed by atoms with E-state index in [9.17, 15) is 23.3 Å². The lowest BCUT2D eigenvalue weighted by Crippen LogP contribution is -2.62. The zero-order chi connectivity index (χ0) is 30.2. The van der Waals surface area contributed by atoms with Gasteiger partial charge in [0.2, 0.25) is 10.0 Å². The topological polar surface area (TPSA) is 128 Å². The highest BCUT2D eigenvalue weighted by atomic mass is 32.2. The number of benzene rings is 4. The average Bonchev–Trinajstić information content (AvgIpc) is 2.99. The summed E-state index contributed by atoms with van der Waals surface area (Å²) in [6.45, 7) is 3.73. The largest absolute Gasteiger partial charge is 0.465 e. The number of hydrogen-bond acceptors (Lipinski definition) is 7. The van der Waals surface area contributed by atoms with Crippen molar-refractivity contribution in [1.82, 2.24) is 10.0 Å². The Bertz CT molecular complexity index is 1610. The van der Waals surface area contributed by atoms with Gasteiger partial charge in [-0.1, -0.05) is 90.5 Å². The number of hydrogen-bond donors (Lipinski definition) is 2. The Morgan fingerprint density at radius 1 is 0.905 bits per heavy atom. The summed E-state index contributed by atoms with van der Waals surface area (Å²) in [6, 6.07) is 29.1. The highest BCUT2D eigenvalue weighted by molar-refractivity contribution is 7.89. The first-order chi connectivity index (χ1) is 20.1. The van der Waals surface area contributed by atoms with Crippen LogP contribution in [0.15, 0.2) is 114 Å². The van der Waals surface area contributed by atoms with E-state index in [0.29, 0.717) is 0 Å². The predicted octanol–water partition coefficient (Wildman–Crippen LogP) is 5.26. The molecule has 0 aliphatic carbocycles. The molecule has 0 saturated carbocycles. The van der Waals surface area contributed by atoms with Crippen LogP contribution < -0.4 is 10.0 Å². The first kappa shape index (κ1) is 30.6. The van der Waals surface area contributed by atoms with Crippen molar-refractivity contribution < 1.29 is 22.9 Å². The molecule has 0 radical (unpaired) electrons. The van der Waals surface area contributed by atoms with Crippen LogP contribution in [0.3, 0.4) is 0 Å². The van der Waals surface area contributed by atoms with Gasteiger partial charge in [-0.3, -0.25) is 15.4 Å². The molecular weight excluding hydrogens is 554 g/mol. The number of nitro benzene ring substituents is 1. The summed E-state index contributed by atoms with van der Waals surface area (Å²) in [5.74, 6) is -0.701. The van der Waals surface area contributed by atoms with Crippen LogP contribution in [0.5, 0.6) is 0 Å². The van der Waals surface area contributed by atoms with Gasteiger partial charge in [0.1, 0.15) is 5.54 Å². The molecule has 0 heterocycles. The maximum atomic E-state index is 14.1. The second kappa shape index (κ2) is 13.5. The van der Waals surface area contributed by atoms with Gasteiger partial charge in [-0.15, -0.1) is 0 Å². The van der Waals surface area contributed by atoms with Crippen molar-refractivity contribution in [3.05, 3.63) is 142 Å². The Balaban J connectivity index is 1.95. The number of non-ortho nitro benzene ring substituents is 1. The van der Waals surface area contributed by atoms with Gasteiger partial charge in [-0.2, -0.15) is 0 Å². The van der Waals surface area contributed by atoms with Crippen molar-refractivity contribution in [2.45, 2.75) is 43.3 Å². The van der Waals surface area contributed by atoms with Crippen molar-refractivity contribution in [1.29, 1.82) is 0 Å². The summed E-state index contributed by atoms with van der Waals surface area (Å²) in [7, 11) is -4.23. The molecule has 0 spiro atoms. The van der Waals surface area contributed by atoms with Gasteiger partial charge >= 0.3 is 5.97 Å². The number of rotatable bonds is 13. The van der Waals surface area contributed by atoms with E-state index in [0.717, 1.165) is 16.7 Å². The molecule has 0 bridgehead atoms. The zero-order valence-electron chi connectivity index (χ0n) is 23.4. The second-order valence-corrected chi connectivity index (χ2v) is 11.6. The number of nitro groups is 1. The average molecular weight is 588 g/mol. The van der Waals surface area contributed by atoms with Gasteiger partial charge in [0.25, 0.3) is 5.69 Å². The van der Waals surface area contributed by atoms with Crippen LogP contribution >= 0.6 is 0 Å². The molecule has 2 atom stereocenters. The maximum Gasteiger partial charge on any atom is 0.328 e. The minimum atomic E-state index is -4.23. The molecule has 4 aromatic carbocycles. The maximum absolute atomic E-state index is 14.1. The van der Waals surface area contributed by atoms with Gasteiger partial charge in [0.05, 0.1) is 22.5 Å². The number of ether oxygens (including phenoxy) is 1. The van der Waals surface area contributed by atoms with Crippen LogP contribution in [0, 0.1) is 17.0 Å². The standard InChI is InChI=1S/C32H33N3O6S/c1-3-41-31(36)32(22-25-11-6-4-7-12-25,33-23-26-13-8-5-9-14-26)30(27-15-10-16-28(21-27)35(37)38)34-42(39,40)29-19-17-24(2)18-20-29/h4-21,30,33-34H,3,22-23H2,1-2H3/t30-,32+/m0/s1. The van der Waals surface area contributed by atoms with E-state index in [4.69, 9.17) is 4.74 Å². The van der Waals surface area contributed by atoms with Gasteiger partial charge in [-0.05, 0) is 42.7 Å². The quantitative estimate of drug-likeness (QED) is 0.124. The summed E-state index contributed by atoms with van der Waals surface area (Å²) in [5.41, 5.74) is 0.713. The minimum absolute atomic E-state index is 0.0101. The van der Waals surface area contributed by atoms with Crippen LogP contribution in [0.1, 0.15) is 35.2 Å². The van der Waals surface area contributed by atoms with E-state index < -0.39 is 32.5 Å². The fraction of sp³-hybridized carbons (Fsp3) is 0.219. The third-order valence-electron chi connectivity index (χ3n) is 6.93. The van der Waals surface area contributed by atoms with E-state index in [2.05, 4.69) is 10.0 Å². The van der Waals surface area contributed by atoms with Gasteiger partial charge < -0.3 is 4.74 Å². The first-order valence-electron chi connectivity index (χ1n) is 13.5. The molecule has 9 nitrogen and oxygen atoms in total. The third-order valence-corrected chi connectivity index (χ3v) is 8.37. The number of esters is 1. The molecule has 0 aromatic heterocycles. The van der Waals surface area contributed by atoms with Crippen LogP contribution in [-0.2, 0) is 32.5 Å². The Kier molecular flexibility index (Phi) is 9.84. The van der Waals surface area contributed by atoms with E-state index in [1.165, 1.54) is 30.3 Å². The zero-order valence-corrected chi connectivity index (χ0v) is 24.2. The van der Waals surface area contributed by atoms with E-state index in [1.54, 1.807) is 25.1 Å². The van der Waals surface area contributed by atoms with Crippen LogP contribution in [0.2, 0.25) is 0 Å². The number of sulfonamides is 1. The molecule has 0 amide bonds. The number of aryl methyl sites for hydroxylation is 1. The third kappa shape index (κ3) is 7.27. The molecule has 0 unspecified atom stereocenters. The van der Waals surface area contributed by atoms with Crippen molar-refractivity contribution in [3.8, 4) is 0 Å².